The molecule has 0 radical (unpaired) electrons. The molecule has 0 atom stereocenters. The molecule has 0 aliphatic rings. The third kappa shape index (κ3) is 4.01. The van der Waals surface area contributed by atoms with Crippen molar-refractivity contribution in [2.45, 2.75) is 0 Å². The molecule has 1 heterocycles. The summed E-state index contributed by atoms with van der Waals surface area (Å²) in [7, 11) is 0. The van der Waals surface area contributed by atoms with Gasteiger partial charge < -0.3 is 0 Å². The quantitative estimate of drug-likeness (QED) is 0.262. The molecule has 1 nitrogen and oxygen atoms in total. The Balaban J connectivity index is 1.78. The van der Waals surface area contributed by atoms with Crippen LogP contribution in [-0.4, -0.2) is 20.3 Å². The molecule has 0 bridgehead atoms. The molecule has 128 valence electrons. The Hall–Kier alpha value is -3.11. The standard InChI is InChI=1S/C25H16OSe/c26-24(20-12-6-2-7-13-20)23-18-22(17-16-19-10-4-1-5-11-19)25(27-23)21-14-8-3-9-15-21/h1-15,18H. The van der Waals surface area contributed by atoms with E-state index in [0.717, 1.165) is 26.7 Å². The number of hydrogen-bond acceptors (Lipinski definition) is 1. The van der Waals surface area contributed by atoms with Crippen LogP contribution in [0.1, 0.15) is 25.9 Å². The van der Waals surface area contributed by atoms with Gasteiger partial charge in [-0.25, -0.2) is 0 Å². The van der Waals surface area contributed by atoms with E-state index < -0.39 is 0 Å². The first-order valence-corrected chi connectivity index (χ1v) is 10.4. The second kappa shape index (κ2) is 8.06. The zero-order chi connectivity index (χ0) is 18.5. The average molecular weight is 411 g/mol. The first kappa shape index (κ1) is 17.3. The van der Waals surface area contributed by atoms with Crippen molar-refractivity contribution in [1.29, 1.82) is 0 Å². The summed E-state index contributed by atoms with van der Waals surface area (Å²) >= 11 is -0.0605. The second-order valence-corrected chi connectivity index (χ2v) is 8.24. The summed E-state index contributed by atoms with van der Waals surface area (Å²) in [4.78, 5) is 12.9. The zero-order valence-corrected chi connectivity index (χ0v) is 16.3. The van der Waals surface area contributed by atoms with Crippen molar-refractivity contribution in [3.05, 3.63) is 118 Å². The van der Waals surface area contributed by atoms with Crippen LogP contribution in [0.5, 0.6) is 0 Å². The number of benzene rings is 3. The van der Waals surface area contributed by atoms with Crippen molar-refractivity contribution in [1.82, 2.24) is 0 Å². The SMILES string of the molecule is O=C(c1ccccc1)c1cc(C#Cc2ccccc2)c(-c2ccccc2)[se]1. The predicted molar refractivity (Wildman–Crippen MR) is 111 cm³/mol. The number of carbonyl (C=O) groups excluding carboxylic acids is 1. The van der Waals surface area contributed by atoms with Crippen molar-refractivity contribution in [2.24, 2.45) is 0 Å². The van der Waals surface area contributed by atoms with Crippen LogP contribution in [0.2, 0.25) is 0 Å². The normalized spacial score (nSPS) is 10.1. The van der Waals surface area contributed by atoms with Crippen LogP contribution in [0.4, 0.5) is 0 Å². The molecule has 0 aliphatic heterocycles. The van der Waals surface area contributed by atoms with Crippen molar-refractivity contribution in [2.75, 3.05) is 0 Å². The van der Waals surface area contributed by atoms with Crippen molar-refractivity contribution in [3.63, 3.8) is 0 Å². The van der Waals surface area contributed by atoms with E-state index in [0.29, 0.717) is 0 Å². The molecule has 3 aromatic carbocycles. The van der Waals surface area contributed by atoms with Crippen molar-refractivity contribution >= 4 is 20.3 Å². The Kier molecular flexibility index (Phi) is 5.17. The number of carbonyl (C=O) groups is 1. The van der Waals surface area contributed by atoms with Crippen molar-refractivity contribution < 1.29 is 4.79 Å². The van der Waals surface area contributed by atoms with Gasteiger partial charge in [-0.15, -0.1) is 0 Å². The van der Waals surface area contributed by atoms with E-state index in [4.69, 9.17) is 0 Å². The van der Waals surface area contributed by atoms with Crippen LogP contribution < -0.4 is 0 Å². The Bertz CT molecular complexity index is 1110. The van der Waals surface area contributed by atoms with Gasteiger partial charge in [-0.1, -0.05) is 0 Å². The Morgan fingerprint density at radius 3 is 1.96 bits per heavy atom. The van der Waals surface area contributed by atoms with E-state index in [2.05, 4.69) is 24.0 Å². The molecule has 0 aliphatic carbocycles. The fourth-order valence-electron chi connectivity index (χ4n) is 2.79. The van der Waals surface area contributed by atoms with Crippen LogP contribution in [0.3, 0.4) is 0 Å². The Morgan fingerprint density at radius 1 is 0.704 bits per heavy atom. The second-order valence-electron chi connectivity index (χ2n) is 6.03. The van der Waals surface area contributed by atoms with Crippen LogP contribution in [0.25, 0.3) is 10.0 Å². The molecule has 4 aromatic rings. The van der Waals surface area contributed by atoms with Gasteiger partial charge in [0.2, 0.25) is 0 Å². The first-order valence-electron chi connectivity index (χ1n) is 8.67. The third-order valence-electron chi connectivity index (χ3n) is 4.14. The summed E-state index contributed by atoms with van der Waals surface area (Å²) in [6.45, 7) is 0. The summed E-state index contributed by atoms with van der Waals surface area (Å²) in [6.07, 6.45) is 0. The molecule has 1 aromatic heterocycles. The molecule has 0 saturated carbocycles. The third-order valence-corrected chi connectivity index (χ3v) is 6.62. The molecule has 4 rings (SSSR count). The number of ketones is 1. The Morgan fingerprint density at radius 2 is 1.30 bits per heavy atom. The van der Waals surface area contributed by atoms with Crippen molar-refractivity contribution in [3.8, 4) is 21.8 Å². The summed E-state index contributed by atoms with van der Waals surface area (Å²) in [5.41, 5.74) is 3.79. The molecular weight excluding hydrogens is 395 g/mol. The van der Waals surface area contributed by atoms with Gasteiger partial charge in [0.1, 0.15) is 0 Å². The summed E-state index contributed by atoms with van der Waals surface area (Å²) < 4.78 is 2.02. The topological polar surface area (TPSA) is 17.1 Å². The van der Waals surface area contributed by atoms with E-state index in [1.807, 2.05) is 84.9 Å². The van der Waals surface area contributed by atoms with E-state index >= 15 is 0 Å². The predicted octanol–water partition coefficient (Wildman–Crippen LogP) is 5.04. The first-order chi connectivity index (χ1) is 13.3. The molecule has 2 heteroatoms. The van der Waals surface area contributed by atoms with Crippen LogP contribution >= 0.6 is 0 Å². The van der Waals surface area contributed by atoms with Crippen LogP contribution in [-0.2, 0) is 0 Å². The fourth-order valence-corrected chi connectivity index (χ4v) is 5.06. The van der Waals surface area contributed by atoms with E-state index in [1.165, 1.54) is 4.44 Å². The molecule has 0 fully saturated rings. The molecule has 0 saturated heterocycles. The van der Waals surface area contributed by atoms with Gasteiger partial charge in [0.05, 0.1) is 0 Å². The maximum atomic E-state index is 12.9. The van der Waals surface area contributed by atoms with Gasteiger partial charge in [-0.3, -0.25) is 0 Å². The minimum atomic E-state index is -0.0605. The molecule has 0 N–H and O–H groups in total. The number of hydrogen-bond donors (Lipinski definition) is 0. The van der Waals surface area contributed by atoms with E-state index in [1.54, 1.807) is 0 Å². The fraction of sp³-hybridized carbons (Fsp3) is 0. The van der Waals surface area contributed by atoms with E-state index in [9.17, 15) is 4.79 Å². The van der Waals surface area contributed by atoms with Gasteiger partial charge in [-0.05, 0) is 0 Å². The van der Waals surface area contributed by atoms with Gasteiger partial charge in [0.15, 0.2) is 0 Å². The minimum absolute atomic E-state index is 0.0605. The van der Waals surface area contributed by atoms with Crippen LogP contribution in [0.15, 0.2) is 97.1 Å². The molecule has 27 heavy (non-hydrogen) atoms. The van der Waals surface area contributed by atoms with Gasteiger partial charge in [-0.2, -0.15) is 0 Å². The van der Waals surface area contributed by atoms with Crippen LogP contribution in [0, 0.1) is 11.8 Å². The molecule has 0 amide bonds. The van der Waals surface area contributed by atoms with E-state index in [-0.39, 0.29) is 20.3 Å². The van der Waals surface area contributed by atoms with Gasteiger partial charge in [0, 0.05) is 0 Å². The summed E-state index contributed by atoms with van der Waals surface area (Å²) in [6, 6.07) is 31.6. The Labute approximate surface area is 165 Å². The monoisotopic (exact) mass is 412 g/mol. The molecule has 0 spiro atoms. The average Bonchev–Trinajstić information content (AvgIpc) is 3.18. The molecular formula is C25H16OSe. The maximum absolute atomic E-state index is 12.9. The van der Waals surface area contributed by atoms with Gasteiger partial charge in [0.25, 0.3) is 0 Å². The number of rotatable bonds is 3. The summed E-state index contributed by atoms with van der Waals surface area (Å²) in [5.74, 6) is 6.63. The summed E-state index contributed by atoms with van der Waals surface area (Å²) in [5, 5.41) is 0. The van der Waals surface area contributed by atoms with Gasteiger partial charge >= 0.3 is 165 Å². The molecule has 0 unspecified atom stereocenters. The zero-order valence-electron chi connectivity index (χ0n) is 14.6.